The lowest BCUT2D eigenvalue weighted by Crippen LogP contribution is -2.36. The van der Waals surface area contributed by atoms with Crippen molar-refractivity contribution in [3.05, 3.63) is 59.5 Å². The molecule has 0 fully saturated rings. The molecule has 0 atom stereocenters. The van der Waals surface area contributed by atoms with E-state index in [1.165, 1.54) is 0 Å². The summed E-state index contributed by atoms with van der Waals surface area (Å²) in [4.78, 5) is 18.9. The smallest absolute Gasteiger partial charge is 0.280 e. The highest BCUT2D eigenvalue weighted by molar-refractivity contribution is 6.07. The Kier molecular flexibility index (Phi) is 4.16. The lowest BCUT2D eigenvalue weighted by molar-refractivity contribution is 0.0975. The Labute approximate surface area is 151 Å². The van der Waals surface area contributed by atoms with Crippen LogP contribution in [-0.2, 0) is 6.42 Å². The number of pyridine rings is 1. The van der Waals surface area contributed by atoms with Crippen LogP contribution in [0.1, 0.15) is 28.0 Å². The van der Waals surface area contributed by atoms with Gasteiger partial charge in [0, 0.05) is 30.6 Å². The van der Waals surface area contributed by atoms with Crippen molar-refractivity contribution < 1.29 is 14.1 Å². The summed E-state index contributed by atoms with van der Waals surface area (Å²) in [5, 5.41) is 3.98. The number of methoxy groups -OCH3 is 1. The largest absolute Gasteiger partial charge is 0.495 e. The zero-order valence-electron chi connectivity index (χ0n) is 14.7. The van der Waals surface area contributed by atoms with Crippen molar-refractivity contribution in [3.8, 4) is 17.1 Å². The molecule has 0 unspecified atom stereocenters. The Morgan fingerprint density at radius 3 is 2.96 bits per heavy atom. The fraction of sp³-hybridized carbons (Fsp3) is 0.250. The summed E-state index contributed by atoms with van der Waals surface area (Å²) in [7, 11) is 1.62. The molecule has 0 N–H and O–H groups in total. The third-order valence-electron chi connectivity index (χ3n) is 4.70. The van der Waals surface area contributed by atoms with Crippen LogP contribution in [0.5, 0.6) is 5.75 Å². The molecule has 1 aliphatic heterocycles. The molecule has 1 aromatic carbocycles. The van der Waals surface area contributed by atoms with Crippen LogP contribution in [0.15, 0.2) is 47.2 Å². The van der Waals surface area contributed by atoms with E-state index in [1.54, 1.807) is 30.5 Å². The van der Waals surface area contributed by atoms with Gasteiger partial charge in [0.05, 0.1) is 12.8 Å². The minimum Gasteiger partial charge on any atom is -0.495 e. The van der Waals surface area contributed by atoms with E-state index in [0.717, 1.165) is 35.2 Å². The fourth-order valence-electron chi connectivity index (χ4n) is 3.38. The SMILES string of the molecule is COc1ccc(C)c2c1N(C(=O)c1cc(-c3cccnc3)on1)CCC2. The molecule has 6 heteroatoms. The minimum atomic E-state index is -0.186. The van der Waals surface area contributed by atoms with Crippen LogP contribution in [0.25, 0.3) is 11.3 Å². The number of rotatable bonds is 3. The molecule has 4 rings (SSSR count). The van der Waals surface area contributed by atoms with Crippen LogP contribution in [0.2, 0.25) is 0 Å². The van der Waals surface area contributed by atoms with E-state index < -0.39 is 0 Å². The van der Waals surface area contributed by atoms with Gasteiger partial charge in [0.2, 0.25) is 0 Å². The molecular weight excluding hydrogens is 330 g/mol. The third kappa shape index (κ3) is 2.73. The third-order valence-corrected chi connectivity index (χ3v) is 4.70. The first kappa shape index (κ1) is 16.3. The van der Waals surface area contributed by atoms with Crippen LogP contribution in [0.3, 0.4) is 0 Å². The first-order valence-corrected chi connectivity index (χ1v) is 8.54. The Balaban J connectivity index is 1.71. The standard InChI is InChI=1S/C20H19N3O3/c1-13-7-8-17(25-2)19-15(13)6-4-10-23(19)20(24)16-11-18(26-22-16)14-5-3-9-21-12-14/h3,5,7-9,11-12H,4,6,10H2,1-2H3. The Hall–Kier alpha value is -3.15. The Morgan fingerprint density at radius 2 is 2.19 bits per heavy atom. The van der Waals surface area contributed by atoms with Crippen LogP contribution in [-0.4, -0.2) is 29.7 Å². The fourth-order valence-corrected chi connectivity index (χ4v) is 3.38. The van der Waals surface area contributed by atoms with Crippen LogP contribution < -0.4 is 9.64 Å². The highest BCUT2D eigenvalue weighted by Gasteiger charge is 2.29. The zero-order valence-corrected chi connectivity index (χ0v) is 14.7. The van der Waals surface area contributed by atoms with E-state index in [0.29, 0.717) is 18.1 Å². The highest BCUT2D eigenvalue weighted by Crippen LogP contribution is 2.39. The first-order chi connectivity index (χ1) is 12.7. The number of anilines is 1. The van der Waals surface area contributed by atoms with Crippen LogP contribution in [0, 0.1) is 6.92 Å². The van der Waals surface area contributed by atoms with Gasteiger partial charge >= 0.3 is 0 Å². The summed E-state index contributed by atoms with van der Waals surface area (Å²) in [5.41, 5.74) is 4.22. The minimum absolute atomic E-state index is 0.186. The number of nitrogens with zero attached hydrogens (tertiary/aromatic N) is 3. The molecule has 1 amide bonds. The Bertz CT molecular complexity index is 950. The molecule has 3 aromatic rings. The van der Waals surface area contributed by atoms with Crippen molar-refractivity contribution in [2.24, 2.45) is 0 Å². The number of carbonyl (C=O) groups is 1. The van der Waals surface area contributed by atoms with E-state index in [-0.39, 0.29) is 11.6 Å². The predicted molar refractivity (Wildman–Crippen MR) is 97.5 cm³/mol. The molecule has 0 bridgehead atoms. The Morgan fingerprint density at radius 1 is 1.31 bits per heavy atom. The predicted octanol–water partition coefficient (Wildman–Crippen LogP) is 3.65. The molecule has 0 radical (unpaired) electrons. The molecule has 3 heterocycles. The normalized spacial score (nSPS) is 13.4. The van der Waals surface area contributed by atoms with Crippen molar-refractivity contribution in [2.75, 3.05) is 18.6 Å². The van der Waals surface area contributed by atoms with E-state index in [1.807, 2.05) is 24.3 Å². The van der Waals surface area contributed by atoms with Gasteiger partial charge in [0.25, 0.3) is 5.91 Å². The van der Waals surface area contributed by atoms with Crippen LogP contribution in [0.4, 0.5) is 5.69 Å². The lowest BCUT2D eigenvalue weighted by Gasteiger charge is -2.31. The number of ether oxygens (including phenoxy) is 1. The zero-order chi connectivity index (χ0) is 18.1. The molecule has 0 aliphatic carbocycles. The van der Waals surface area contributed by atoms with E-state index in [9.17, 15) is 4.79 Å². The van der Waals surface area contributed by atoms with Gasteiger partial charge in [0.15, 0.2) is 11.5 Å². The number of amides is 1. The van der Waals surface area contributed by atoms with E-state index in [4.69, 9.17) is 9.26 Å². The number of carbonyl (C=O) groups excluding carboxylic acids is 1. The second kappa shape index (κ2) is 6.63. The molecule has 2 aromatic heterocycles. The molecule has 0 saturated heterocycles. The maximum absolute atomic E-state index is 13.1. The lowest BCUT2D eigenvalue weighted by atomic mass is 9.96. The molecule has 0 saturated carbocycles. The van der Waals surface area contributed by atoms with Gasteiger partial charge in [-0.25, -0.2) is 0 Å². The number of benzene rings is 1. The van der Waals surface area contributed by atoms with Gasteiger partial charge in [0.1, 0.15) is 5.75 Å². The molecule has 0 spiro atoms. The van der Waals surface area contributed by atoms with Crippen molar-refractivity contribution in [1.82, 2.24) is 10.1 Å². The number of aromatic nitrogens is 2. The van der Waals surface area contributed by atoms with E-state index in [2.05, 4.69) is 17.1 Å². The number of fused-ring (bicyclic) bond motifs is 1. The van der Waals surface area contributed by atoms with Crippen molar-refractivity contribution in [2.45, 2.75) is 19.8 Å². The highest BCUT2D eigenvalue weighted by atomic mass is 16.5. The second-order valence-electron chi connectivity index (χ2n) is 6.29. The first-order valence-electron chi connectivity index (χ1n) is 8.54. The summed E-state index contributed by atoms with van der Waals surface area (Å²) in [6, 6.07) is 9.28. The summed E-state index contributed by atoms with van der Waals surface area (Å²) in [5.74, 6) is 1.04. The van der Waals surface area contributed by atoms with Crippen molar-refractivity contribution in [3.63, 3.8) is 0 Å². The van der Waals surface area contributed by atoms with Crippen LogP contribution >= 0.6 is 0 Å². The van der Waals surface area contributed by atoms with Gasteiger partial charge < -0.3 is 14.2 Å². The van der Waals surface area contributed by atoms with Gasteiger partial charge in [-0.05, 0) is 49.1 Å². The second-order valence-corrected chi connectivity index (χ2v) is 6.29. The van der Waals surface area contributed by atoms with Crippen molar-refractivity contribution in [1.29, 1.82) is 0 Å². The van der Waals surface area contributed by atoms with Gasteiger partial charge in [-0.2, -0.15) is 0 Å². The molecule has 26 heavy (non-hydrogen) atoms. The maximum Gasteiger partial charge on any atom is 0.280 e. The summed E-state index contributed by atoms with van der Waals surface area (Å²) in [6.45, 7) is 2.68. The summed E-state index contributed by atoms with van der Waals surface area (Å²) < 4.78 is 10.9. The molecule has 132 valence electrons. The average Bonchev–Trinajstić information content (AvgIpc) is 3.18. The number of hydrogen-bond acceptors (Lipinski definition) is 5. The summed E-state index contributed by atoms with van der Waals surface area (Å²) >= 11 is 0. The number of aryl methyl sites for hydroxylation is 1. The summed E-state index contributed by atoms with van der Waals surface area (Å²) in [6.07, 6.45) is 5.20. The quantitative estimate of drug-likeness (QED) is 0.722. The van der Waals surface area contributed by atoms with Crippen molar-refractivity contribution >= 4 is 11.6 Å². The van der Waals surface area contributed by atoms with Gasteiger partial charge in [-0.1, -0.05) is 11.2 Å². The maximum atomic E-state index is 13.1. The van der Waals surface area contributed by atoms with E-state index >= 15 is 0 Å². The van der Waals surface area contributed by atoms with Gasteiger partial charge in [-0.3, -0.25) is 9.78 Å². The molecule has 1 aliphatic rings. The topological polar surface area (TPSA) is 68.5 Å². The molecular formula is C20H19N3O3. The molecule has 6 nitrogen and oxygen atoms in total. The van der Waals surface area contributed by atoms with Gasteiger partial charge in [-0.15, -0.1) is 0 Å². The monoisotopic (exact) mass is 349 g/mol. The number of hydrogen-bond donors (Lipinski definition) is 0. The average molecular weight is 349 g/mol.